The Morgan fingerprint density at radius 3 is 2.41 bits per heavy atom. The number of fused-ring (bicyclic) bond motifs is 1. The first-order valence-corrected chi connectivity index (χ1v) is 11.7. The third kappa shape index (κ3) is 5.93. The quantitative estimate of drug-likeness (QED) is 0.655. The van der Waals surface area contributed by atoms with Gasteiger partial charge >= 0.3 is 6.09 Å². The van der Waals surface area contributed by atoms with E-state index in [-0.39, 0.29) is 41.0 Å². The van der Waals surface area contributed by atoms with E-state index in [1.54, 1.807) is 20.8 Å². The van der Waals surface area contributed by atoms with E-state index >= 15 is 4.39 Å². The van der Waals surface area contributed by atoms with E-state index in [2.05, 4.69) is 10.6 Å². The monoisotopic (exact) mass is 497 g/mol. The Morgan fingerprint density at radius 1 is 1.18 bits per heavy atom. The van der Waals surface area contributed by atoms with Gasteiger partial charge in [-0.2, -0.15) is 0 Å². The Morgan fingerprint density at radius 2 is 1.82 bits per heavy atom. The van der Waals surface area contributed by atoms with Crippen LogP contribution in [0.2, 0.25) is 0 Å². The maximum atomic E-state index is 15.0. The summed E-state index contributed by atoms with van der Waals surface area (Å²) < 4.78 is 66.9. The van der Waals surface area contributed by atoms with E-state index < -0.39 is 39.5 Å². The van der Waals surface area contributed by atoms with Crippen LogP contribution in [0.25, 0.3) is 0 Å². The predicted molar refractivity (Wildman–Crippen MR) is 120 cm³/mol. The maximum absolute atomic E-state index is 15.0. The lowest BCUT2D eigenvalue weighted by Gasteiger charge is -2.36. The molecule has 0 saturated carbocycles. The molecule has 1 aliphatic rings. The second kappa shape index (κ2) is 9.45. The van der Waals surface area contributed by atoms with E-state index in [1.807, 2.05) is 0 Å². The molecule has 0 aromatic heterocycles. The van der Waals surface area contributed by atoms with Crippen LogP contribution in [0.15, 0.2) is 41.3 Å². The molecule has 0 saturated heterocycles. The van der Waals surface area contributed by atoms with Crippen molar-refractivity contribution in [1.82, 2.24) is 5.32 Å². The van der Waals surface area contributed by atoms with Gasteiger partial charge in [-0.05, 0) is 51.1 Å². The number of carbonyl (C=O) groups excluding carboxylic acids is 2. The van der Waals surface area contributed by atoms with E-state index in [4.69, 9.17) is 9.47 Å². The molecule has 0 bridgehead atoms. The lowest BCUT2D eigenvalue weighted by Crippen LogP contribution is -2.48. The van der Waals surface area contributed by atoms with Gasteiger partial charge in [0.05, 0.1) is 23.7 Å². The molecular formula is C22H25F2N3O6S. The summed E-state index contributed by atoms with van der Waals surface area (Å²) >= 11 is 0. The molecule has 0 fully saturated rings. The number of hydrogen-bond acceptors (Lipinski definition) is 6. The molecule has 1 aliphatic heterocycles. The molecule has 2 N–H and O–H groups in total. The topological polar surface area (TPSA) is 114 Å². The second-order valence-electron chi connectivity index (χ2n) is 8.60. The fourth-order valence-electron chi connectivity index (χ4n) is 3.19. The number of nitrogens with one attached hydrogen (secondary N) is 2. The number of amides is 2. The summed E-state index contributed by atoms with van der Waals surface area (Å²) in [6, 6.07) is 6.35. The SMILES string of the molecule is CC(=O)NCC1CN(S(=O)(=O)c2ccc(F)cc2)c2cc(NC(=O)OC(C)(C)C)cc(F)c2O1. The van der Waals surface area contributed by atoms with Gasteiger partial charge in [0.1, 0.15) is 17.5 Å². The number of nitrogens with zero attached hydrogens (tertiary/aromatic N) is 1. The van der Waals surface area contributed by atoms with Crippen molar-refractivity contribution >= 4 is 33.4 Å². The van der Waals surface area contributed by atoms with Crippen LogP contribution in [0.4, 0.5) is 25.0 Å². The third-order valence-electron chi connectivity index (χ3n) is 4.57. The summed E-state index contributed by atoms with van der Waals surface area (Å²) in [4.78, 5) is 23.2. The van der Waals surface area contributed by atoms with Crippen LogP contribution in [-0.2, 0) is 19.6 Å². The van der Waals surface area contributed by atoms with Crippen molar-refractivity contribution in [3.8, 4) is 5.75 Å². The molecule has 34 heavy (non-hydrogen) atoms. The number of rotatable bonds is 5. The van der Waals surface area contributed by atoms with Crippen LogP contribution in [-0.4, -0.2) is 45.2 Å². The van der Waals surface area contributed by atoms with E-state index in [0.717, 1.165) is 34.6 Å². The summed E-state index contributed by atoms with van der Waals surface area (Å²) in [5, 5.41) is 4.89. The van der Waals surface area contributed by atoms with Gasteiger partial charge in [-0.15, -0.1) is 0 Å². The lowest BCUT2D eigenvalue weighted by atomic mass is 10.2. The van der Waals surface area contributed by atoms with Gasteiger partial charge in [0.2, 0.25) is 5.91 Å². The van der Waals surface area contributed by atoms with Crippen LogP contribution in [0.5, 0.6) is 5.75 Å². The number of anilines is 2. The van der Waals surface area contributed by atoms with Crippen LogP contribution >= 0.6 is 0 Å². The van der Waals surface area contributed by atoms with E-state index in [9.17, 15) is 22.4 Å². The number of sulfonamides is 1. The minimum Gasteiger partial charge on any atom is -0.481 e. The molecule has 1 atom stereocenters. The average molecular weight is 498 g/mol. The number of carbonyl (C=O) groups is 2. The highest BCUT2D eigenvalue weighted by molar-refractivity contribution is 7.92. The largest absolute Gasteiger partial charge is 0.481 e. The molecular weight excluding hydrogens is 472 g/mol. The first-order chi connectivity index (χ1) is 15.8. The fourth-order valence-corrected chi connectivity index (χ4v) is 4.68. The Labute approximate surface area is 196 Å². The molecule has 2 aromatic rings. The molecule has 0 radical (unpaired) electrons. The summed E-state index contributed by atoms with van der Waals surface area (Å²) in [5.74, 6) is -2.31. The van der Waals surface area contributed by atoms with Gasteiger partial charge in [-0.1, -0.05) is 0 Å². The smallest absolute Gasteiger partial charge is 0.412 e. The van der Waals surface area contributed by atoms with Crippen molar-refractivity contribution in [2.75, 3.05) is 22.7 Å². The third-order valence-corrected chi connectivity index (χ3v) is 6.37. The highest BCUT2D eigenvalue weighted by atomic mass is 32.2. The molecule has 2 amide bonds. The molecule has 12 heteroatoms. The predicted octanol–water partition coefficient (Wildman–Crippen LogP) is 3.40. The van der Waals surface area contributed by atoms with Crippen LogP contribution in [0, 0.1) is 11.6 Å². The summed E-state index contributed by atoms with van der Waals surface area (Å²) in [6.07, 6.45) is -1.77. The number of ether oxygens (including phenoxy) is 2. The first kappa shape index (κ1) is 25.2. The van der Waals surface area contributed by atoms with Crippen LogP contribution in [0.3, 0.4) is 0 Å². The minimum atomic E-state index is -4.29. The first-order valence-electron chi connectivity index (χ1n) is 10.3. The van der Waals surface area contributed by atoms with Crippen molar-refractivity contribution in [1.29, 1.82) is 0 Å². The number of hydrogen-bond donors (Lipinski definition) is 2. The highest BCUT2D eigenvalue weighted by Crippen LogP contribution is 2.41. The van der Waals surface area contributed by atoms with Crippen molar-refractivity contribution in [3.63, 3.8) is 0 Å². The lowest BCUT2D eigenvalue weighted by molar-refractivity contribution is -0.119. The van der Waals surface area contributed by atoms with Gasteiger partial charge in [0.25, 0.3) is 10.0 Å². The minimum absolute atomic E-state index is 0.0614. The Bertz CT molecular complexity index is 1200. The second-order valence-corrected chi connectivity index (χ2v) is 10.5. The van der Waals surface area contributed by atoms with Crippen molar-refractivity contribution in [3.05, 3.63) is 48.0 Å². The molecule has 1 unspecified atom stereocenters. The average Bonchev–Trinajstić information content (AvgIpc) is 2.71. The van der Waals surface area contributed by atoms with Gasteiger partial charge in [-0.3, -0.25) is 14.4 Å². The normalized spacial score (nSPS) is 15.7. The van der Waals surface area contributed by atoms with Crippen molar-refractivity contribution in [2.45, 2.75) is 44.3 Å². The summed E-state index contributed by atoms with van der Waals surface area (Å²) in [5.41, 5.74) is -1.04. The van der Waals surface area contributed by atoms with Crippen molar-refractivity contribution < 1.29 is 36.3 Å². The Kier molecular flexibility index (Phi) is 7.01. The molecule has 184 valence electrons. The number of halogens is 2. The summed E-state index contributed by atoms with van der Waals surface area (Å²) in [6.45, 7) is 5.88. The Balaban J connectivity index is 2.04. The molecule has 0 spiro atoms. The van der Waals surface area contributed by atoms with Gasteiger partial charge < -0.3 is 14.8 Å². The standard InChI is InChI=1S/C22H25F2N3O6S/c1-13(28)25-11-16-12-27(34(30,31)17-7-5-14(23)6-8-17)19-10-15(9-18(24)20(19)32-16)26-21(29)33-22(2,3)4/h5-10,16H,11-12H2,1-4H3,(H,25,28)(H,26,29). The van der Waals surface area contributed by atoms with Crippen LogP contribution in [0.1, 0.15) is 27.7 Å². The molecule has 9 nitrogen and oxygen atoms in total. The highest BCUT2D eigenvalue weighted by Gasteiger charge is 2.37. The molecule has 3 rings (SSSR count). The Hall–Kier alpha value is -3.41. The molecule has 0 aliphatic carbocycles. The van der Waals surface area contributed by atoms with Crippen LogP contribution < -0.4 is 19.7 Å². The molecule has 2 aromatic carbocycles. The zero-order valence-electron chi connectivity index (χ0n) is 19.0. The summed E-state index contributed by atoms with van der Waals surface area (Å²) in [7, 11) is -4.29. The number of benzene rings is 2. The van der Waals surface area contributed by atoms with Gasteiger partial charge in [0.15, 0.2) is 11.6 Å². The zero-order chi connectivity index (χ0) is 25.3. The molecule has 1 heterocycles. The zero-order valence-corrected chi connectivity index (χ0v) is 19.8. The fraction of sp³-hybridized carbons (Fsp3) is 0.364. The van der Waals surface area contributed by atoms with E-state index in [1.165, 1.54) is 13.0 Å². The van der Waals surface area contributed by atoms with E-state index in [0.29, 0.717) is 0 Å². The maximum Gasteiger partial charge on any atom is 0.412 e. The van der Waals surface area contributed by atoms with Gasteiger partial charge in [0, 0.05) is 18.7 Å². The van der Waals surface area contributed by atoms with Gasteiger partial charge in [-0.25, -0.2) is 22.0 Å². The van der Waals surface area contributed by atoms with Crippen molar-refractivity contribution in [2.24, 2.45) is 0 Å².